The number of ether oxygens (including phenoxy) is 1. The van der Waals surface area contributed by atoms with Gasteiger partial charge < -0.3 is 15.0 Å². The zero-order valence-electron chi connectivity index (χ0n) is 14.5. The lowest BCUT2D eigenvalue weighted by Gasteiger charge is -2.05. The highest BCUT2D eigenvalue weighted by Crippen LogP contribution is 2.13. The minimum atomic E-state index is -0.236. The van der Waals surface area contributed by atoms with E-state index in [-0.39, 0.29) is 11.5 Å². The first-order valence-corrected chi connectivity index (χ1v) is 8.36. The lowest BCUT2D eigenvalue weighted by molar-refractivity contribution is -0.116. The number of rotatable bonds is 6. The lowest BCUT2D eigenvalue weighted by Crippen LogP contribution is -2.23. The SMILES string of the molecule is COc1cccc(CCNC(=O)/C=C/c2cc3ccccc3[nH]c2=O)c1. The van der Waals surface area contributed by atoms with Crippen molar-refractivity contribution in [3.63, 3.8) is 0 Å². The van der Waals surface area contributed by atoms with E-state index < -0.39 is 0 Å². The average molecular weight is 348 g/mol. The highest BCUT2D eigenvalue weighted by Gasteiger charge is 2.01. The van der Waals surface area contributed by atoms with Crippen molar-refractivity contribution >= 4 is 22.9 Å². The fourth-order valence-electron chi connectivity index (χ4n) is 2.67. The summed E-state index contributed by atoms with van der Waals surface area (Å²) in [6, 6.07) is 17.0. The van der Waals surface area contributed by atoms with Gasteiger partial charge in [0.15, 0.2) is 0 Å². The van der Waals surface area contributed by atoms with Crippen LogP contribution >= 0.6 is 0 Å². The highest BCUT2D eigenvalue weighted by atomic mass is 16.5. The molecule has 5 nitrogen and oxygen atoms in total. The second-order valence-electron chi connectivity index (χ2n) is 5.87. The number of carbonyl (C=O) groups excluding carboxylic acids is 1. The fraction of sp³-hybridized carbons (Fsp3) is 0.143. The second-order valence-corrected chi connectivity index (χ2v) is 5.87. The molecule has 0 aliphatic heterocycles. The Kier molecular flexibility index (Phi) is 5.49. The van der Waals surface area contributed by atoms with E-state index in [0.29, 0.717) is 18.5 Å². The van der Waals surface area contributed by atoms with Crippen LogP contribution in [0.4, 0.5) is 0 Å². The van der Waals surface area contributed by atoms with Crippen molar-refractivity contribution < 1.29 is 9.53 Å². The molecule has 0 saturated carbocycles. The van der Waals surface area contributed by atoms with E-state index in [1.165, 1.54) is 12.2 Å². The first-order valence-electron chi connectivity index (χ1n) is 8.36. The molecule has 0 saturated heterocycles. The summed E-state index contributed by atoms with van der Waals surface area (Å²) in [5.74, 6) is 0.560. The summed E-state index contributed by atoms with van der Waals surface area (Å²) in [4.78, 5) is 26.8. The summed E-state index contributed by atoms with van der Waals surface area (Å²) in [5, 5.41) is 3.74. The maximum atomic E-state index is 12.1. The van der Waals surface area contributed by atoms with Gasteiger partial charge >= 0.3 is 0 Å². The van der Waals surface area contributed by atoms with E-state index in [2.05, 4.69) is 10.3 Å². The van der Waals surface area contributed by atoms with Gasteiger partial charge in [-0.25, -0.2) is 0 Å². The average Bonchev–Trinajstić information content (AvgIpc) is 2.66. The van der Waals surface area contributed by atoms with Crippen LogP contribution in [0.1, 0.15) is 11.1 Å². The van der Waals surface area contributed by atoms with Crippen LogP contribution in [0.3, 0.4) is 0 Å². The van der Waals surface area contributed by atoms with Crippen molar-refractivity contribution in [2.24, 2.45) is 0 Å². The van der Waals surface area contributed by atoms with Gasteiger partial charge in [-0.15, -0.1) is 0 Å². The smallest absolute Gasteiger partial charge is 0.255 e. The molecule has 3 aromatic rings. The molecule has 0 aliphatic rings. The molecule has 0 unspecified atom stereocenters. The second kappa shape index (κ2) is 8.16. The van der Waals surface area contributed by atoms with Crippen LogP contribution in [-0.2, 0) is 11.2 Å². The number of para-hydroxylation sites is 1. The molecule has 1 amide bonds. The first-order chi connectivity index (χ1) is 12.7. The van der Waals surface area contributed by atoms with Crippen LogP contribution < -0.4 is 15.6 Å². The first kappa shape index (κ1) is 17.5. The molecule has 26 heavy (non-hydrogen) atoms. The fourth-order valence-corrected chi connectivity index (χ4v) is 2.67. The van der Waals surface area contributed by atoms with Gasteiger partial charge in [0.05, 0.1) is 7.11 Å². The van der Waals surface area contributed by atoms with E-state index in [0.717, 1.165) is 22.2 Å². The third-order valence-electron chi connectivity index (χ3n) is 4.04. The maximum Gasteiger partial charge on any atom is 0.255 e. The number of aromatic amines is 1. The number of fused-ring (bicyclic) bond motifs is 1. The standard InChI is InChI=1S/C21H20N2O3/c1-26-18-7-4-5-15(13-18)11-12-22-20(24)10-9-17-14-16-6-2-3-8-19(16)23-21(17)25/h2-10,13-14H,11-12H2,1H3,(H,22,24)(H,23,25)/b10-9+. The van der Waals surface area contributed by atoms with Crippen LogP contribution in [0.15, 0.2) is 65.5 Å². The van der Waals surface area contributed by atoms with Crippen molar-refractivity contribution in [3.05, 3.63) is 82.2 Å². The molecule has 1 heterocycles. The van der Waals surface area contributed by atoms with Crippen molar-refractivity contribution in [1.82, 2.24) is 10.3 Å². The predicted molar refractivity (Wildman–Crippen MR) is 103 cm³/mol. The number of aromatic nitrogens is 1. The Labute approximate surface area is 151 Å². The van der Waals surface area contributed by atoms with E-state index in [9.17, 15) is 9.59 Å². The Balaban J connectivity index is 1.59. The van der Waals surface area contributed by atoms with Crippen molar-refractivity contribution in [3.8, 4) is 5.75 Å². The van der Waals surface area contributed by atoms with Gasteiger partial charge in [-0.1, -0.05) is 30.3 Å². The van der Waals surface area contributed by atoms with Crippen molar-refractivity contribution in [2.45, 2.75) is 6.42 Å². The van der Waals surface area contributed by atoms with Crippen LogP contribution in [0.2, 0.25) is 0 Å². The third-order valence-corrected chi connectivity index (χ3v) is 4.04. The summed E-state index contributed by atoms with van der Waals surface area (Å²) >= 11 is 0. The van der Waals surface area contributed by atoms with Crippen LogP contribution in [0, 0.1) is 0 Å². The number of methoxy groups -OCH3 is 1. The van der Waals surface area contributed by atoms with Crippen LogP contribution in [-0.4, -0.2) is 24.5 Å². The molecule has 0 fully saturated rings. The van der Waals surface area contributed by atoms with E-state index >= 15 is 0 Å². The normalized spacial score (nSPS) is 11.0. The Morgan fingerprint density at radius 2 is 2.00 bits per heavy atom. The van der Waals surface area contributed by atoms with Crippen LogP contribution in [0.5, 0.6) is 5.75 Å². The Morgan fingerprint density at radius 3 is 2.85 bits per heavy atom. The van der Waals surface area contributed by atoms with Gasteiger partial charge in [0.2, 0.25) is 5.91 Å². The molecule has 1 aromatic heterocycles. The minimum absolute atomic E-state index is 0.218. The molecule has 3 rings (SSSR count). The van der Waals surface area contributed by atoms with E-state index in [1.807, 2.05) is 48.5 Å². The molecule has 0 radical (unpaired) electrons. The Morgan fingerprint density at radius 1 is 1.15 bits per heavy atom. The molecule has 0 spiro atoms. The number of hydrogen-bond acceptors (Lipinski definition) is 3. The summed E-state index contributed by atoms with van der Waals surface area (Å²) < 4.78 is 5.18. The Hall–Kier alpha value is -3.34. The summed E-state index contributed by atoms with van der Waals surface area (Å²) in [7, 11) is 1.63. The number of pyridine rings is 1. The predicted octanol–water partition coefficient (Wildman–Crippen LogP) is 2.91. The highest BCUT2D eigenvalue weighted by molar-refractivity contribution is 5.92. The largest absolute Gasteiger partial charge is 0.497 e. The van der Waals surface area contributed by atoms with Gasteiger partial charge in [0.1, 0.15) is 5.75 Å². The van der Waals surface area contributed by atoms with Gasteiger partial charge in [0.25, 0.3) is 5.56 Å². The minimum Gasteiger partial charge on any atom is -0.497 e. The van der Waals surface area contributed by atoms with Gasteiger partial charge in [-0.05, 0) is 47.7 Å². The molecular weight excluding hydrogens is 328 g/mol. The molecular formula is C21H20N2O3. The molecule has 0 aliphatic carbocycles. The van der Waals surface area contributed by atoms with Crippen LogP contribution in [0.25, 0.3) is 17.0 Å². The number of carbonyl (C=O) groups is 1. The van der Waals surface area contributed by atoms with E-state index in [4.69, 9.17) is 4.74 Å². The van der Waals surface area contributed by atoms with Gasteiger partial charge in [-0.3, -0.25) is 9.59 Å². The molecule has 2 N–H and O–H groups in total. The number of hydrogen-bond donors (Lipinski definition) is 2. The molecule has 132 valence electrons. The van der Waals surface area contributed by atoms with E-state index in [1.54, 1.807) is 13.2 Å². The monoisotopic (exact) mass is 348 g/mol. The van der Waals surface area contributed by atoms with Crippen molar-refractivity contribution in [2.75, 3.05) is 13.7 Å². The summed E-state index contributed by atoms with van der Waals surface area (Å²) in [6.07, 6.45) is 3.62. The van der Waals surface area contributed by atoms with Gasteiger partial charge in [-0.2, -0.15) is 0 Å². The Bertz CT molecular complexity index is 1010. The summed E-state index contributed by atoms with van der Waals surface area (Å²) in [5.41, 5.74) is 2.09. The quantitative estimate of drug-likeness (QED) is 0.673. The molecule has 0 atom stereocenters. The third kappa shape index (κ3) is 4.39. The van der Waals surface area contributed by atoms with Crippen molar-refractivity contribution in [1.29, 1.82) is 0 Å². The zero-order chi connectivity index (χ0) is 18.4. The maximum absolute atomic E-state index is 12.1. The zero-order valence-corrected chi connectivity index (χ0v) is 14.5. The number of amides is 1. The topological polar surface area (TPSA) is 71.2 Å². The lowest BCUT2D eigenvalue weighted by atomic mass is 10.1. The summed E-state index contributed by atoms with van der Waals surface area (Å²) in [6.45, 7) is 0.504. The number of H-pyrrole nitrogens is 1. The number of nitrogens with one attached hydrogen (secondary N) is 2. The molecule has 0 bridgehead atoms. The molecule has 2 aromatic carbocycles. The number of benzene rings is 2. The van der Waals surface area contributed by atoms with Gasteiger partial charge in [0, 0.05) is 23.7 Å². The molecule has 5 heteroatoms.